The maximum absolute atomic E-state index is 13.2. The Hall–Kier alpha value is -2.57. The number of ether oxygens (including phenoxy) is 1. The standard InChI is InChI=1S/C17H21FN4O2/c1-21-16(19)14(11-3-5-13(18)6-4-11)15(20-21)12-7-9-22(10-8-12)17(23)24-2/h3-6,12H,7-10,19H2,1-2H3. The van der Waals surface area contributed by atoms with Crippen LogP contribution in [0.2, 0.25) is 0 Å². The van der Waals surface area contributed by atoms with E-state index in [1.165, 1.54) is 19.2 Å². The molecule has 24 heavy (non-hydrogen) atoms. The maximum Gasteiger partial charge on any atom is 0.409 e. The van der Waals surface area contributed by atoms with Gasteiger partial charge in [-0.15, -0.1) is 0 Å². The minimum atomic E-state index is -0.298. The molecule has 3 rings (SSSR count). The number of carbonyl (C=O) groups excluding carboxylic acids is 1. The van der Waals surface area contributed by atoms with Gasteiger partial charge >= 0.3 is 6.09 Å². The number of aromatic nitrogens is 2. The van der Waals surface area contributed by atoms with Crippen LogP contribution in [0.4, 0.5) is 15.0 Å². The van der Waals surface area contributed by atoms with Crippen LogP contribution in [0.1, 0.15) is 24.5 Å². The summed E-state index contributed by atoms with van der Waals surface area (Å²) in [6.45, 7) is 1.24. The zero-order valence-electron chi connectivity index (χ0n) is 13.8. The number of methoxy groups -OCH3 is 1. The van der Waals surface area contributed by atoms with Gasteiger partial charge in [-0.25, -0.2) is 9.18 Å². The summed E-state index contributed by atoms with van der Waals surface area (Å²) in [5, 5.41) is 4.59. The first-order chi connectivity index (χ1) is 11.5. The third-order valence-electron chi connectivity index (χ3n) is 4.57. The summed E-state index contributed by atoms with van der Waals surface area (Å²) in [7, 11) is 3.19. The van der Waals surface area contributed by atoms with Gasteiger partial charge < -0.3 is 15.4 Å². The predicted octanol–water partition coefficient (Wildman–Crippen LogP) is 2.75. The van der Waals surface area contributed by atoms with E-state index in [0.29, 0.717) is 18.9 Å². The SMILES string of the molecule is COC(=O)N1CCC(c2nn(C)c(N)c2-c2ccc(F)cc2)CC1. The average molecular weight is 332 g/mol. The molecule has 1 saturated heterocycles. The number of nitrogens with two attached hydrogens (primary N) is 1. The van der Waals surface area contributed by atoms with Crippen molar-refractivity contribution in [2.24, 2.45) is 7.05 Å². The lowest BCUT2D eigenvalue weighted by atomic mass is 9.89. The molecule has 1 aliphatic rings. The van der Waals surface area contributed by atoms with Crippen molar-refractivity contribution < 1.29 is 13.9 Å². The van der Waals surface area contributed by atoms with Gasteiger partial charge in [0.25, 0.3) is 0 Å². The molecule has 1 aromatic heterocycles. The van der Waals surface area contributed by atoms with Gasteiger partial charge in [-0.1, -0.05) is 12.1 Å². The zero-order chi connectivity index (χ0) is 17.3. The van der Waals surface area contributed by atoms with Crippen molar-refractivity contribution in [3.05, 3.63) is 35.8 Å². The van der Waals surface area contributed by atoms with Gasteiger partial charge in [0.05, 0.1) is 12.8 Å². The van der Waals surface area contributed by atoms with Gasteiger partial charge in [-0.2, -0.15) is 5.10 Å². The molecule has 2 N–H and O–H groups in total. The van der Waals surface area contributed by atoms with Crippen LogP contribution >= 0.6 is 0 Å². The number of nitrogen functional groups attached to an aromatic ring is 1. The Bertz CT molecular complexity index is 734. The number of aryl methyl sites for hydroxylation is 1. The third kappa shape index (κ3) is 2.93. The molecule has 0 unspecified atom stereocenters. The minimum absolute atomic E-state index is 0.203. The van der Waals surface area contributed by atoms with Gasteiger partial charge in [0.2, 0.25) is 0 Å². The highest BCUT2D eigenvalue weighted by atomic mass is 19.1. The summed E-state index contributed by atoms with van der Waals surface area (Å²) in [5.74, 6) is 0.482. The molecular formula is C17H21FN4O2. The van der Waals surface area contributed by atoms with Gasteiger partial charge in [0.1, 0.15) is 11.6 Å². The summed E-state index contributed by atoms with van der Waals surface area (Å²) in [6, 6.07) is 6.28. The van der Waals surface area contributed by atoms with Gasteiger partial charge in [0, 0.05) is 31.6 Å². The minimum Gasteiger partial charge on any atom is -0.453 e. The number of piperidine rings is 1. The van der Waals surface area contributed by atoms with Crippen molar-refractivity contribution in [3.63, 3.8) is 0 Å². The summed E-state index contributed by atoms with van der Waals surface area (Å²) >= 11 is 0. The smallest absolute Gasteiger partial charge is 0.409 e. The van der Waals surface area contributed by atoms with Crippen LogP contribution in [-0.2, 0) is 11.8 Å². The van der Waals surface area contributed by atoms with Crippen LogP contribution in [0.15, 0.2) is 24.3 Å². The van der Waals surface area contributed by atoms with E-state index in [2.05, 4.69) is 5.10 Å². The summed E-state index contributed by atoms with van der Waals surface area (Å²) in [4.78, 5) is 13.3. The monoisotopic (exact) mass is 332 g/mol. The fourth-order valence-corrected chi connectivity index (χ4v) is 3.22. The third-order valence-corrected chi connectivity index (χ3v) is 4.57. The molecule has 128 valence electrons. The second-order valence-corrected chi connectivity index (χ2v) is 6.01. The van der Waals surface area contributed by atoms with Gasteiger partial charge in [-0.05, 0) is 30.5 Å². The Balaban J connectivity index is 1.88. The van der Waals surface area contributed by atoms with E-state index >= 15 is 0 Å². The lowest BCUT2D eigenvalue weighted by Gasteiger charge is -2.30. The normalized spacial score (nSPS) is 15.5. The van der Waals surface area contributed by atoms with Crippen molar-refractivity contribution in [1.29, 1.82) is 0 Å². The molecule has 1 amide bonds. The van der Waals surface area contributed by atoms with E-state index in [0.717, 1.165) is 29.7 Å². The Labute approximate surface area is 140 Å². The molecule has 0 saturated carbocycles. The predicted molar refractivity (Wildman–Crippen MR) is 89.0 cm³/mol. The quantitative estimate of drug-likeness (QED) is 0.918. The van der Waals surface area contributed by atoms with Crippen molar-refractivity contribution in [2.45, 2.75) is 18.8 Å². The highest BCUT2D eigenvalue weighted by Gasteiger charge is 2.29. The molecule has 0 aliphatic carbocycles. The van der Waals surface area contributed by atoms with Gasteiger partial charge in [-0.3, -0.25) is 4.68 Å². The summed E-state index contributed by atoms with van der Waals surface area (Å²) in [6.07, 6.45) is 1.28. The number of likely N-dealkylation sites (tertiary alicyclic amines) is 1. The lowest BCUT2D eigenvalue weighted by molar-refractivity contribution is 0.112. The first-order valence-electron chi connectivity index (χ1n) is 7.92. The number of anilines is 1. The fraction of sp³-hybridized carbons (Fsp3) is 0.412. The summed E-state index contributed by atoms with van der Waals surface area (Å²) < 4.78 is 19.6. The Morgan fingerprint density at radius 3 is 2.50 bits per heavy atom. The maximum atomic E-state index is 13.2. The number of hydrogen-bond acceptors (Lipinski definition) is 4. The van der Waals surface area contributed by atoms with Crippen LogP contribution in [0.3, 0.4) is 0 Å². The molecule has 0 bridgehead atoms. The van der Waals surface area contributed by atoms with Crippen molar-refractivity contribution in [2.75, 3.05) is 25.9 Å². The molecule has 0 atom stereocenters. The van der Waals surface area contributed by atoms with Crippen molar-refractivity contribution >= 4 is 11.9 Å². The van der Waals surface area contributed by atoms with Crippen molar-refractivity contribution in [3.8, 4) is 11.1 Å². The Morgan fingerprint density at radius 2 is 1.92 bits per heavy atom. The topological polar surface area (TPSA) is 73.4 Å². The van der Waals surface area contributed by atoms with Crippen LogP contribution in [0.5, 0.6) is 0 Å². The second kappa shape index (κ2) is 6.51. The number of nitrogens with zero attached hydrogens (tertiary/aromatic N) is 3. The molecule has 0 radical (unpaired) electrons. The van der Waals surface area contributed by atoms with E-state index in [4.69, 9.17) is 10.5 Å². The number of carbonyl (C=O) groups is 1. The van der Waals surface area contributed by atoms with E-state index in [1.54, 1.807) is 28.8 Å². The molecular weight excluding hydrogens is 311 g/mol. The molecule has 1 aromatic carbocycles. The highest BCUT2D eigenvalue weighted by Crippen LogP contribution is 2.38. The van der Waals surface area contributed by atoms with E-state index in [9.17, 15) is 9.18 Å². The molecule has 1 aliphatic heterocycles. The van der Waals surface area contributed by atoms with Crippen LogP contribution in [-0.4, -0.2) is 41.0 Å². The van der Waals surface area contributed by atoms with E-state index in [-0.39, 0.29) is 17.8 Å². The largest absolute Gasteiger partial charge is 0.453 e. The number of hydrogen-bond donors (Lipinski definition) is 1. The summed E-state index contributed by atoms with van der Waals surface area (Å²) in [5.41, 5.74) is 8.82. The Kier molecular flexibility index (Phi) is 4.42. The molecule has 2 heterocycles. The molecule has 7 heteroatoms. The van der Waals surface area contributed by atoms with Crippen LogP contribution in [0.25, 0.3) is 11.1 Å². The first-order valence-corrected chi connectivity index (χ1v) is 7.92. The molecule has 1 fully saturated rings. The molecule has 6 nitrogen and oxygen atoms in total. The molecule has 0 spiro atoms. The van der Waals surface area contributed by atoms with Crippen LogP contribution in [0, 0.1) is 5.82 Å². The zero-order valence-corrected chi connectivity index (χ0v) is 13.8. The molecule has 2 aromatic rings. The average Bonchev–Trinajstić information content (AvgIpc) is 2.90. The first kappa shape index (κ1) is 16.3. The Morgan fingerprint density at radius 1 is 1.29 bits per heavy atom. The van der Waals surface area contributed by atoms with Crippen LogP contribution < -0.4 is 5.73 Å². The lowest BCUT2D eigenvalue weighted by Crippen LogP contribution is -2.37. The highest BCUT2D eigenvalue weighted by molar-refractivity contribution is 5.77. The fourth-order valence-electron chi connectivity index (χ4n) is 3.22. The van der Waals surface area contributed by atoms with E-state index in [1.807, 2.05) is 0 Å². The number of halogens is 1. The second-order valence-electron chi connectivity index (χ2n) is 6.01. The van der Waals surface area contributed by atoms with Gasteiger partial charge in [0.15, 0.2) is 0 Å². The van der Waals surface area contributed by atoms with E-state index < -0.39 is 0 Å². The number of benzene rings is 1. The van der Waals surface area contributed by atoms with Crippen molar-refractivity contribution in [1.82, 2.24) is 14.7 Å². The number of rotatable bonds is 2. The number of amides is 1.